The summed E-state index contributed by atoms with van der Waals surface area (Å²) in [5, 5.41) is 0.759. The molecule has 0 atom stereocenters. The average molecular weight is 308 g/mol. The van der Waals surface area contributed by atoms with Gasteiger partial charge < -0.3 is 19.1 Å². The topological polar surface area (TPSA) is 76.4 Å². The number of aromatic nitrogens is 4. The molecular formula is C12H16N6O2S. The number of rotatable bonds is 3. The highest BCUT2D eigenvalue weighted by atomic mass is 32.1. The second-order valence-corrected chi connectivity index (χ2v) is 5.43. The van der Waals surface area contributed by atoms with Crippen molar-refractivity contribution in [3.05, 3.63) is 18.2 Å². The molecular weight excluding hydrogens is 292 g/mol. The zero-order chi connectivity index (χ0) is 14.8. The fourth-order valence-corrected chi connectivity index (χ4v) is 2.99. The summed E-state index contributed by atoms with van der Waals surface area (Å²) < 4.78 is 10.7. The number of nitrogens with zero attached hydrogens (tertiary/aromatic N) is 6. The Morgan fingerprint density at radius 3 is 2.62 bits per heavy atom. The van der Waals surface area contributed by atoms with Crippen LogP contribution in [0.15, 0.2) is 12.4 Å². The van der Waals surface area contributed by atoms with Crippen LogP contribution in [0.4, 0.5) is 11.1 Å². The summed E-state index contributed by atoms with van der Waals surface area (Å²) in [6.45, 7) is 3.36. The average Bonchev–Trinajstić information content (AvgIpc) is 3.15. The number of imidazole rings is 1. The maximum absolute atomic E-state index is 11.4. The van der Waals surface area contributed by atoms with E-state index in [9.17, 15) is 4.79 Å². The van der Waals surface area contributed by atoms with E-state index in [1.165, 1.54) is 18.6 Å². The van der Waals surface area contributed by atoms with Crippen molar-refractivity contribution >= 4 is 28.6 Å². The lowest BCUT2D eigenvalue weighted by molar-refractivity contribution is 0.0588. The zero-order valence-corrected chi connectivity index (χ0v) is 12.7. The van der Waals surface area contributed by atoms with Crippen LogP contribution in [-0.2, 0) is 11.8 Å². The number of carbonyl (C=O) groups excluding carboxylic acids is 1. The summed E-state index contributed by atoms with van der Waals surface area (Å²) in [6.07, 6.45) is 3.74. The summed E-state index contributed by atoms with van der Waals surface area (Å²) in [7, 11) is 3.32. The molecule has 0 N–H and O–H groups in total. The monoisotopic (exact) mass is 308 g/mol. The van der Waals surface area contributed by atoms with Crippen LogP contribution in [0, 0.1) is 0 Å². The molecule has 2 aromatic rings. The first-order chi connectivity index (χ1) is 10.2. The number of esters is 1. The third kappa shape index (κ3) is 2.68. The summed E-state index contributed by atoms with van der Waals surface area (Å²) in [4.78, 5) is 24.3. The Bertz CT molecular complexity index is 631. The van der Waals surface area contributed by atoms with E-state index in [1.54, 1.807) is 6.20 Å². The zero-order valence-electron chi connectivity index (χ0n) is 11.9. The first-order valence-corrected chi connectivity index (χ1v) is 7.35. The number of anilines is 2. The Morgan fingerprint density at radius 2 is 2.00 bits per heavy atom. The van der Waals surface area contributed by atoms with Gasteiger partial charge in [0.2, 0.25) is 11.1 Å². The van der Waals surface area contributed by atoms with Crippen molar-refractivity contribution in [2.75, 3.05) is 43.1 Å². The summed E-state index contributed by atoms with van der Waals surface area (Å²) in [5.41, 5.74) is 0. The number of aryl methyl sites for hydroxylation is 1. The maximum Gasteiger partial charge on any atom is 0.377 e. The first-order valence-electron chi connectivity index (χ1n) is 6.58. The predicted octanol–water partition coefficient (Wildman–Crippen LogP) is 0.385. The number of hydrogen-bond acceptors (Lipinski definition) is 8. The van der Waals surface area contributed by atoms with Gasteiger partial charge in [0, 0.05) is 57.2 Å². The van der Waals surface area contributed by atoms with Crippen LogP contribution in [0.1, 0.15) is 10.6 Å². The van der Waals surface area contributed by atoms with E-state index < -0.39 is 5.97 Å². The van der Waals surface area contributed by atoms with Gasteiger partial charge in [-0.15, -0.1) is 0 Å². The van der Waals surface area contributed by atoms with Crippen molar-refractivity contribution in [3.8, 4) is 0 Å². The predicted molar refractivity (Wildman–Crippen MR) is 78.9 cm³/mol. The van der Waals surface area contributed by atoms with Gasteiger partial charge in [0.15, 0.2) is 0 Å². The van der Waals surface area contributed by atoms with Crippen molar-refractivity contribution in [3.63, 3.8) is 0 Å². The second-order valence-electron chi connectivity index (χ2n) is 4.70. The van der Waals surface area contributed by atoms with E-state index in [1.807, 2.05) is 17.8 Å². The SMILES string of the molecule is COC(=O)c1nsc(N2CCN(c3nccn3C)CC2)n1. The molecule has 1 saturated heterocycles. The Morgan fingerprint density at radius 1 is 1.29 bits per heavy atom. The van der Waals surface area contributed by atoms with Gasteiger partial charge >= 0.3 is 5.97 Å². The van der Waals surface area contributed by atoms with E-state index >= 15 is 0 Å². The van der Waals surface area contributed by atoms with Crippen molar-refractivity contribution in [2.24, 2.45) is 7.05 Å². The van der Waals surface area contributed by atoms with Gasteiger partial charge in [-0.25, -0.2) is 9.78 Å². The molecule has 9 heteroatoms. The minimum Gasteiger partial charge on any atom is -0.463 e. The van der Waals surface area contributed by atoms with E-state index in [0.717, 1.165) is 37.3 Å². The summed E-state index contributed by atoms with van der Waals surface area (Å²) >= 11 is 1.23. The lowest BCUT2D eigenvalue weighted by Gasteiger charge is -2.34. The lowest BCUT2D eigenvalue weighted by Crippen LogP contribution is -2.47. The Kier molecular flexibility index (Phi) is 3.74. The number of hydrogen-bond donors (Lipinski definition) is 0. The molecule has 0 saturated carbocycles. The molecule has 0 aliphatic carbocycles. The van der Waals surface area contributed by atoms with Gasteiger partial charge in [-0.1, -0.05) is 0 Å². The van der Waals surface area contributed by atoms with Gasteiger partial charge in [0.05, 0.1) is 7.11 Å². The van der Waals surface area contributed by atoms with Gasteiger partial charge in [0.25, 0.3) is 5.82 Å². The Hall–Kier alpha value is -2.16. The van der Waals surface area contributed by atoms with E-state index in [0.29, 0.717) is 0 Å². The number of methoxy groups -OCH3 is 1. The van der Waals surface area contributed by atoms with Crippen molar-refractivity contribution in [1.82, 2.24) is 18.9 Å². The van der Waals surface area contributed by atoms with Crippen LogP contribution in [0.2, 0.25) is 0 Å². The molecule has 2 aromatic heterocycles. The highest BCUT2D eigenvalue weighted by Crippen LogP contribution is 2.21. The molecule has 3 rings (SSSR count). The number of carbonyl (C=O) groups is 1. The molecule has 1 aliphatic heterocycles. The quantitative estimate of drug-likeness (QED) is 0.759. The third-order valence-electron chi connectivity index (χ3n) is 3.41. The molecule has 8 nitrogen and oxygen atoms in total. The number of ether oxygens (including phenoxy) is 1. The standard InChI is InChI=1S/C12H16N6O2S/c1-16-4-3-13-11(16)17-5-7-18(8-6-17)12-14-9(15-21-12)10(19)20-2/h3-4H,5-8H2,1-2H3. The minimum absolute atomic E-state index is 0.129. The van der Waals surface area contributed by atoms with E-state index in [-0.39, 0.29) is 5.82 Å². The molecule has 0 amide bonds. The minimum atomic E-state index is -0.496. The highest BCUT2D eigenvalue weighted by molar-refractivity contribution is 7.09. The molecule has 1 fully saturated rings. The number of piperazine rings is 1. The molecule has 21 heavy (non-hydrogen) atoms. The van der Waals surface area contributed by atoms with Crippen LogP contribution < -0.4 is 9.80 Å². The molecule has 112 valence electrons. The Balaban J connectivity index is 1.64. The van der Waals surface area contributed by atoms with Crippen LogP contribution in [0.3, 0.4) is 0 Å². The molecule has 0 radical (unpaired) electrons. The van der Waals surface area contributed by atoms with Crippen molar-refractivity contribution < 1.29 is 9.53 Å². The normalized spacial score (nSPS) is 15.3. The molecule has 0 unspecified atom stereocenters. The molecule has 0 aromatic carbocycles. The van der Waals surface area contributed by atoms with Crippen LogP contribution in [0.5, 0.6) is 0 Å². The third-order valence-corrected chi connectivity index (χ3v) is 4.19. The fraction of sp³-hybridized carbons (Fsp3) is 0.500. The molecule has 1 aliphatic rings. The second kappa shape index (κ2) is 5.68. The largest absolute Gasteiger partial charge is 0.463 e. The van der Waals surface area contributed by atoms with Gasteiger partial charge in [-0.2, -0.15) is 9.36 Å². The van der Waals surface area contributed by atoms with Crippen molar-refractivity contribution in [1.29, 1.82) is 0 Å². The molecule has 0 spiro atoms. The van der Waals surface area contributed by atoms with Crippen LogP contribution in [0.25, 0.3) is 0 Å². The molecule has 3 heterocycles. The van der Waals surface area contributed by atoms with E-state index in [2.05, 4.69) is 28.9 Å². The smallest absolute Gasteiger partial charge is 0.377 e. The Labute approximate surface area is 126 Å². The summed E-state index contributed by atoms with van der Waals surface area (Å²) in [6, 6.07) is 0. The summed E-state index contributed by atoms with van der Waals surface area (Å²) in [5.74, 6) is 0.607. The lowest BCUT2D eigenvalue weighted by atomic mass is 10.3. The van der Waals surface area contributed by atoms with E-state index in [4.69, 9.17) is 0 Å². The van der Waals surface area contributed by atoms with Gasteiger partial charge in [-0.3, -0.25) is 0 Å². The first kappa shape index (κ1) is 13.8. The van der Waals surface area contributed by atoms with Gasteiger partial charge in [-0.05, 0) is 0 Å². The van der Waals surface area contributed by atoms with Gasteiger partial charge in [0.1, 0.15) is 0 Å². The maximum atomic E-state index is 11.4. The molecule has 0 bridgehead atoms. The van der Waals surface area contributed by atoms with Crippen molar-refractivity contribution in [2.45, 2.75) is 0 Å². The van der Waals surface area contributed by atoms with Crippen LogP contribution in [-0.4, -0.2) is 58.2 Å². The fourth-order valence-electron chi connectivity index (χ4n) is 2.28. The highest BCUT2D eigenvalue weighted by Gasteiger charge is 2.23. The van der Waals surface area contributed by atoms with Crippen LogP contribution >= 0.6 is 11.5 Å².